The number of ether oxygens (including phenoxy) is 2. The van der Waals surface area contributed by atoms with Crippen molar-refractivity contribution < 1.29 is 23.5 Å². The molecule has 36 heavy (non-hydrogen) atoms. The van der Waals surface area contributed by atoms with Gasteiger partial charge in [-0.1, -0.05) is 0 Å². The molecule has 1 aromatic carbocycles. The van der Waals surface area contributed by atoms with E-state index in [1.807, 2.05) is 19.0 Å². The zero-order valence-electron chi connectivity index (χ0n) is 20.1. The van der Waals surface area contributed by atoms with E-state index < -0.39 is 6.10 Å². The molecule has 1 atom stereocenters. The number of likely N-dealkylation sites (N-methyl/N-ethyl adjacent to an activating group) is 1. The molecule has 0 radical (unpaired) electrons. The van der Waals surface area contributed by atoms with E-state index in [4.69, 9.17) is 9.47 Å². The van der Waals surface area contributed by atoms with Crippen LogP contribution in [-0.2, 0) is 11.3 Å². The van der Waals surface area contributed by atoms with Crippen LogP contribution in [-0.4, -0.2) is 71.4 Å². The molecule has 0 aliphatic carbocycles. The molecule has 1 saturated heterocycles. The average Bonchev–Trinajstić information content (AvgIpc) is 3.39. The number of aromatic nitrogens is 2. The molecule has 2 amide bonds. The van der Waals surface area contributed by atoms with Crippen molar-refractivity contribution in [1.29, 1.82) is 0 Å². The second kappa shape index (κ2) is 9.90. The van der Waals surface area contributed by atoms with Gasteiger partial charge in [-0.25, -0.2) is 9.37 Å². The fourth-order valence-electron chi connectivity index (χ4n) is 4.17. The minimum Gasteiger partial charge on any atom is -0.479 e. The lowest BCUT2D eigenvalue weighted by molar-refractivity contribution is -0.122. The maximum Gasteiger partial charge on any atom is 0.268 e. The minimum atomic E-state index is -0.670. The second-order valence-electron chi connectivity index (χ2n) is 8.99. The van der Waals surface area contributed by atoms with Gasteiger partial charge in [0.2, 0.25) is 5.88 Å². The van der Waals surface area contributed by atoms with Crippen molar-refractivity contribution >= 4 is 17.5 Å². The van der Waals surface area contributed by atoms with Gasteiger partial charge >= 0.3 is 0 Å². The number of pyridine rings is 2. The molecule has 3 aromatic rings. The van der Waals surface area contributed by atoms with E-state index in [1.54, 1.807) is 34.2 Å². The first-order valence-electron chi connectivity index (χ1n) is 11.7. The van der Waals surface area contributed by atoms with E-state index >= 15 is 0 Å². The quantitative estimate of drug-likeness (QED) is 0.479. The van der Waals surface area contributed by atoms with Crippen molar-refractivity contribution in [3.05, 3.63) is 71.9 Å². The summed E-state index contributed by atoms with van der Waals surface area (Å²) in [5.41, 5.74) is 1.87. The monoisotopic (exact) mass is 491 g/mol. The summed E-state index contributed by atoms with van der Waals surface area (Å²) in [5.74, 6) is 0.607. The molecule has 0 bridgehead atoms. The third-order valence-electron chi connectivity index (χ3n) is 6.12. The Morgan fingerprint density at radius 1 is 1.06 bits per heavy atom. The number of hydrogen-bond acceptors (Lipinski definition) is 7. The van der Waals surface area contributed by atoms with E-state index in [1.165, 1.54) is 30.5 Å². The van der Waals surface area contributed by atoms with Crippen LogP contribution in [0.15, 0.2) is 54.9 Å². The van der Waals surface area contributed by atoms with Gasteiger partial charge in [0.1, 0.15) is 17.3 Å². The number of rotatable bonds is 8. The molecule has 9 nitrogen and oxygen atoms in total. The lowest BCUT2D eigenvalue weighted by Gasteiger charge is -2.18. The standard InChI is InChI=1S/C26H26FN5O4/c1-30(2)11-12-31-16-22-21(25(31)33)13-18(14-28-22)32-10-9-23(26(32)34)35-20-7-8-24(29-15-20)36-19-5-3-17(27)4-6-19/h3-8,13-15,23H,9-12,16H2,1-2H3/t23-/m1/s1. The third kappa shape index (κ3) is 4.99. The van der Waals surface area contributed by atoms with Gasteiger partial charge in [-0.05, 0) is 50.5 Å². The summed E-state index contributed by atoms with van der Waals surface area (Å²) in [6.45, 7) is 2.33. The molecule has 5 rings (SSSR count). The van der Waals surface area contributed by atoms with Crippen LogP contribution in [0.1, 0.15) is 22.5 Å². The SMILES string of the molecule is CN(C)CCN1Cc2ncc(N3CC[C@@H](Oc4ccc(Oc5ccc(F)cc5)nc4)C3=O)cc2C1=O. The van der Waals surface area contributed by atoms with Gasteiger partial charge in [-0.3, -0.25) is 14.6 Å². The smallest absolute Gasteiger partial charge is 0.268 e. The van der Waals surface area contributed by atoms with Crippen molar-refractivity contribution in [2.24, 2.45) is 0 Å². The summed E-state index contributed by atoms with van der Waals surface area (Å²) in [6, 6.07) is 10.7. The number of benzene rings is 1. The Morgan fingerprint density at radius 3 is 2.56 bits per heavy atom. The van der Waals surface area contributed by atoms with Crippen molar-refractivity contribution in [2.75, 3.05) is 38.6 Å². The van der Waals surface area contributed by atoms with Crippen molar-refractivity contribution in [1.82, 2.24) is 19.8 Å². The molecule has 1 fully saturated rings. The molecule has 0 saturated carbocycles. The normalized spacial score (nSPS) is 17.2. The van der Waals surface area contributed by atoms with Crippen LogP contribution in [0, 0.1) is 5.82 Å². The summed E-state index contributed by atoms with van der Waals surface area (Å²) in [6.07, 6.45) is 2.95. The first-order valence-corrected chi connectivity index (χ1v) is 11.7. The highest BCUT2D eigenvalue weighted by Gasteiger charge is 2.36. The Kier molecular flexibility index (Phi) is 6.51. The van der Waals surface area contributed by atoms with Gasteiger partial charge < -0.3 is 24.2 Å². The molecule has 2 aromatic heterocycles. The van der Waals surface area contributed by atoms with Gasteiger partial charge in [0, 0.05) is 32.1 Å². The van der Waals surface area contributed by atoms with Crippen molar-refractivity contribution in [2.45, 2.75) is 19.1 Å². The lowest BCUT2D eigenvalue weighted by Crippen LogP contribution is -2.32. The predicted octanol–water partition coefficient (Wildman–Crippen LogP) is 3.11. The van der Waals surface area contributed by atoms with Gasteiger partial charge in [-0.2, -0.15) is 0 Å². The zero-order chi connectivity index (χ0) is 25.2. The fourth-order valence-corrected chi connectivity index (χ4v) is 4.17. The third-order valence-corrected chi connectivity index (χ3v) is 6.12. The number of amides is 2. The summed E-state index contributed by atoms with van der Waals surface area (Å²) in [4.78, 5) is 40.0. The summed E-state index contributed by atoms with van der Waals surface area (Å²) < 4.78 is 24.5. The Labute approximate surface area is 208 Å². The average molecular weight is 492 g/mol. The Bertz CT molecular complexity index is 1270. The van der Waals surface area contributed by atoms with Crippen LogP contribution in [0.5, 0.6) is 17.4 Å². The number of nitrogens with zero attached hydrogens (tertiary/aromatic N) is 5. The lowest BCUT2D eigenvalue weighted by atomic mass is 10.2. The van der Waals surface area contributed by atoms with Gasteiger partial charge in [-0.15, -0.1) is 0 Å². The molecule has 186 valence electrons. The van der Waals surface area contributed by atoms with E-state index in [-0.39, 0.29) is 17.6 Å². The van der Waals surface area contributed by atoms with Crippen molar-refractivity contribution in [3.63, 3.8) is 0 Å². The molecular weight excluding hydrogens is 465 g/mol. The highest BCUT2D eigenvalue weighted by atomic mass is 19.1. The summed E-state index contributed by atoms with van der Waals surface area (Å²) in [5, 5.41) is 0. The highest BCUT2D eigenvalue weighted by Crippen LogP contribution is 2.29. The van der Waals surface area contributed by atoms with Crippen LogP contribution < -0.4 is 14.4 Å². The zero-order valence-corrected chi connectivity index (χ0v) is 20.1. The van der Waals surface area contributed by atoms with Crippen LogP contribution in [0.4, 0.5) is 10.1 Å². The molecule has 0 unspecified atom stereocenters. The number of fused-ring (bicyclic) bond motifs is 1. The maximum absolute atomic E-state index is 13.1. The molecule has 4 heterocycles. The van der Waals surface area contributed by atoms with Crippen LogP contribution in [0.3, 0.4) is 0 Å². The number of hydrogen-bond donors (Lipinski definition) is 0. The second-order valence-corrected chi connectivity index (χ2v) is 8.99. The van der Waals surface area contributed by atoms with Gasteiger partial charge in [0.25, 0.3) is 11.8 Å². The van der Waals surface area contributed by atoms with Crippen LogP contribution in [0.2, 0.25) is 0 Å². The first kappa shape index (κ1) is 23.7. The van der Waals surface area contributed by atoms with E-state index in [0.29, 0.717) is 54.7 Å². The van der Waals surface area contributed by atoms with Gasteiger partial charge in [0.05, 0.1) is 35.9 Å². The fraction of sp³-hybridized carbons (Fsp3) is 0.308. The summed E-state index contributed by atoms with van der Waals surface area (Å²) >= 11 is 0. The number of carbonyl (C=O) groups excluding carboxylic acids is 2. The molecule has 2 aliphatic rings. The van der Waals surface area contributed by atoms with E-state index in [2.05, 4.69) is 9.97 Å². The number of halogens is 1. The number of anilines is 1. The predicted molar refractivity (Wildman–Crippen MR) is 130 cm³/mol. The number of carbonyl (C=O) groups is 2. The Balaban J connectivity index is 1.21. The Hall–Kier alpha value is -4.05. The van der Waals surface area contributed by atoms with Gasteiger partial charge in [0.15, 0.2) is 6.10 Å². The Morgan fingerprint density at radius 2 is 1.83 bits per heavy atom. The van der Waals surface area contributed by atoms with E-state index in [0.717, 1.165) is 12.2 Å². The summed E-state index contributed by atoms with van der Waals surface area (Å²) in [7, 11) is 3.93. The molecular formula is C26H26FN5O4. The van der Waals surface area contributed by atoms with Crippen molar-refractivity contribution in [3.8, 4) is 17.4 Å². The largest absolute Gasteiger partial charge is 0.479 e. The molecule has 2 aliphatic heterocycles. The van der Waals surface area contributed by atoms with Crippen LogP contribution in [0.25, 0.3) is 0 Å². The molecule has 10 heteroatoms. The molecule has 0 N–H and O–H groups in total. The molecule has 0 spiro atoms. The highest BCUT2D eigenvalue weighted by molar-refractivity contribution is 6.02. The van der Waals surface area contributed by atoms with E-state index in [9.17, 15) is 14.0 Å². The van der Waals surface area contributed by atoms with Crippen LogP contribution >= 0.6 is 0 Å². The minimum absolute atomic E-state index is 0.0605. The maximum atomic E-state index is 13.1. The first-order chi connectivity index (χ1) is 17.4. The topological polar surface area (TPSA) is 88.1 Å².